The van der Waals surface area contributed by atoms with Crippen LogP contribution in [0.4, 0.5) is 0 Å². The van der Waals surface area contributed by atoms with E-state index >= 15 is 0 Å². The highest BCUT2D eigenvalue weighted by molar-refractivity contribution is 5.28. The minimum Gasteiger partial charge on any atom is -0.394 e. The van der Waals surface area contributed by atoms with Gasteiger partial charge >= 0.3 is 0 Å². The maximum Gasteiger partial charge on any atom is 0.0652 e. The molecule has 0 amide bonds. The van der Waals surface area contributed by atoms with Crippen molar-refractivity contribution in [2.75, 3.05) is 13.2 Å². The van der Waals surface area contributed by atoms with Gasteiger partial charge in [0.25, 0.3) is 0 Å². The van der Waals surface area contributed by atoms with Crippen LogP contribution in [0.15, 0.2) is 24.3 Å². The van der Waals surface area contributed by atoms with Crippen molar-refractivity contribution in [3.63, 3.8) is 0 Å². The number of aliphatic hydroxyl groups excluding tert-OH is 1. The van der Waals surface area contributed by atoms with Gasteiger partial charge in [0.1, 0.15) is 0 Å². The van der Waals surface area contributed by atoms with Gasteiger partial charge in [-0.15, -0.1) is 0 Å². The number of hydrogen-bond donors (Lipinski definition) is 2. The van der Waals surface area contributed by atoms with Crippen LogP contribution in [0.3, 0.4) is 0 Å². The number of benzene rings is 1. The standard InChI is InChI=1S/C15H25NO/c1-4-6-13-7-9-14(10-8-13)15(3,12-17)16-11-5-2/h7-10,16-17H,4-6,11-12H2,1-3H3. The van der Waals surface area contributed by atoms with Gasteiger partial charge in [-0.3, -0.25) is 0 Å². The molecular formula is C15H25NO. The fourth-order valence-corrected chi connectivity index (χ4v) is 1.98. The van der Waals surface area contributed by atoms with E-state index in [4.69, 9.17) is 0 Å². The van der Waals surface area contributed by atoms with Crippen LogP contribution in [-0.4, -0.2) is 18.3 Å². The summed E-state index contributed by atoms with van der Waals surface area (Å²) in [6.45, 7) is 7.43. The van der Waals surface area contributed by atoms with E-state index in [1.54, 1.807) is 0 Å². The van der Waals surface area contributed by atoms with E-state index in [1.807, 2.05) is 0 Å². The Morgan fingerprint density at radius 3 is 2.24 bits per heavy atom. The number of hydrogen-bond acceptors (Lipinski definition) is 2. The molecule has 17 heavy (non-hydrogen) atoms. The summed E-state index contributed by atoms with van der Waals surface area (Å²) in [6.07, 6.45) is 3.37. The van der Waals surface area contributed by atoms with Gasteiger partial charge in [0.05, 0.1) is 12.1 Å². The van der Waals surface area contributed by atoms with Crippen LogP contribution >= 0.6 is 0 Å². The van der Waals surface area contributed by atoms with Crippen molar-refractivity contribution in [2.24, 2.45) is 0 Å². The predicted molar refractivity (Wildman–Crippen MR) is 73.2 cm³/mol. The van der Waals surface area contributed by atoms with E-state index < -0.39 is 0 Å². The fourth-order valence-electron chi connectivity index (χ4n) is 1.98. The number of rotatable bonds is 7. The molecule has 0 fully saturated rings. The number of nitrogens with one attached hydrogen (secondary N) is 1. The van der Waals surface area contributed by atoms with Crippen molar-refractivity contribution >= 4 is 0 Å². The Bertz CT molecular complexity index is 320. The molecule has 1 rings (SSSR count). The van der Waals surface area contributed by atoms with E-state index in [-0.39, 0.29) is 12.1 Å². The van der Waals surface area contributed by atoms with E-state index in [2.05, 4.69) is 50.4 Å². The molecule has 96 valence electrons. The SMILES string of the molecule is CCCNC(C)(CO)c1ccc(CCC)cc1. The van der Waals surface area contributed by atoms with Gasteiger partial charge in [-0.1, -0.05) is 44.5 Å². The number of aryl methyl sites for hydroxylation is 1. The van der Waals surface area contributed by atoms with Crippen molar-refractivity contribution in [1.29, 1.82) is 0 Å². The lowest BCUT2D eigenvalue weighted by Crippen LogP contribution is -2.43. The van der Waals surface area contributed by atoms with Gasteiger partial charge < -0.3 is 10.4 Å². The molecule has 1 atom stereocenters. The first-order valence-electron chi connectivity index (χ1n) is 6.61. The minimum atomic E-state index is -0.319. The molecule has 1 aromatic rings. The van der Waals surface area contributed by atoms with Crippen molar-refractivity contribution < 1.29 is 5.11 Å². The lowest BCUT2D eigenvalue weighted by atomic mass is 9.91. The number of aliphatic hydroxyl groups is 1. The van der Waals surface area contributed by atoms with E-state index in [0.717, 1.165) is 24.9 Å². The molecule has 0 aliphatic carbocycles. The highest BCUT2D eigenvalue weighted by Gasteiger charge is 2.24. The van der Waals surface area contributed by atoms with Gasteiger partial charge in [-0.2, -0.15) is 0 Å². The van der Waals surface area contributed by atoms with Gasteiger partial charge in [0, 0.05) is 0 Å². The molecule has 2 heteroatoms. The molecule has 0 aliphatic heterocycles. The molecule has 0 aromatic heterocycles. The van der Waals surface area contributed by atoms with Crippen LogP contribution in [0.5, 0.6) is 0 Å². The smallest absolute Gasteiger partial charge is 0.0652 e. The normalized spacial score (nSPS) is 14.6. The largest absolute Gasteiger partial charge is 0.394 e. The van der Waals surface area contributed by atoms with Crippen LogP contribution in [0.2, 0.25) is 0 Å². The first-order chi connectivity index (χ1) is 8.16. The Morgan fingerprint density at radius 1 is 1.12 bits per heavy atom. The fraction of sp³-hybridized carbons (Fsp3) is 0.600. The van der Waals surface area contributed by atoms with Crippen molar-refractivity contribution in [3.8, 4) is 0 Å². The zero-order valence-electron chi connectivity index (χ0n) is 11.3. The van der Waals surface area contributed by atoms with Gasteiger partial charge in [-0.05, 0) is 37.4 Å². The maximum absolute atomic E-state index is 9.58. The monoisotopic (exact) mass is 235 g/mol. The Hall–Kier alpha value is -0.860. The van der Waals surface area contributed by atoms with E-state index in [1.165, 1.54) is 12.0 Å². The van der Waals surface area contributed by atoms with Crippen molar-refractivity contribution in [2.45, 2.75) is 45.6 Å². The summed E-state index contributed by atoms with van der Waals surface area (Å²) in [4.78, 5) is 0. The summed E-state index contributed by atoms with van der Waals surface area (Å²) in [7, 11) is 0. The lowest BCUT2D eigenvalue weighted by molar-refractivity contribution is 0.175. The summed E-state index contributed by atoms with van der Waals surface area (Å²) in [5.74, 6) is 0. The average molecular weight is 235 g/mol. The molecule has 0 aliphatic rings. The zero-order valence-corrected chi connectivity index (χ0v) is 11.3. The predicted octanol–water partition coefficient (Wildman–Crippen LogP) is 2.85. The van der Waals surface area contributed by atoms with Crippen molar-refractivity contribution in [1.82, 2.24) is 5.32 Å². The lowest BCUT2D eigenvalue weighted by Gasteiger charge is -2.29. The summed E-state index contributed by atoms with van der Waals surface area (Å²) in [6, 6.07) is 8.59. The van der Waals surface area contributed by atoms with Crippen LogP contribution in [0.25, 0.3) is 0 Å². The molecular weight excluding hydrogens is 210 g/mol. The maximum atomic E-state index is 9.58. The first-order valence-corrected chi connectivity index (χ1v) is 6.61. The summed E-state index contributed by atoms with van der Waals surface area (Å²) >= 11 is 0. The van der Waals surface area contributed by atoms with Crippen LogP contribution in [-0.2, 0) is 12.0 Å². The summed E-state index contributed by atoms with van der Waals surface area (Å²) in [5, 5.41) is 13.0. The topological polar surface area (TPSA) is 32.3 Å². The van der Waals surface area contributed by atoms with Gasteiger partial charge in [0.15, 0.2) is 0 Å². The highest BCUT2D eigenvalue weighted by Crippen LogP contribution is 2.21. The quantitative estimate of drug-likeness (QED) is 0.761. The second-order valence-electron chi connectivity index (χ2n) is 4.86. The van der Waals surface area contributed by atoms with E-state index in [0.29, 0.717) is 0 Å². The molecule has 1 aromatic carbocycles. The molecule has 2 nitrogen and oxygen atoms in total. The molecule has 1 unspecified atom stereocenters. The minimum absolute atomic E-state index is 0.125. The zero-order chi connectivity index (χ0) is 12.7. The Labute approximate surface area is 105 Å². The highest BCUT2D eigenvalue weighted by atomic mass is 16.3. The van der Waals surface area contributed by atoms with E-state index in [9.17, 15) is 5.11 Å². The third-order valence-electron chi connectivity index (χ3n) is 3.21. The summed E-state index contributed by atoms with van der Waals surface area (Å²) in [5.41, 5.74) is 2.21. The molecule has 0 bridgehead atoms. The molecule has 0 heterocycles. The second kappa shape index (κ2) is 6.77. The molecule has 0 saturated carbocycles. The van der Waals surface area contributed by atoms with Crippen LogP contribution < -0.4 is 5.32 Å². The van der Waals surface area contributed by atoms with Gasteiger partial charge in [-0.25, -0.2) is 0 Å². The Morgan fingerprint density at radius 2 is 1.76 bits per heavy atom. The Balaban J connectivity index is 2.80. The van der Waals surface area contributed by atoms with Crippen LogP contribution in [0.1, 0.15) is 44.7 Å². The molecule has 0 saturated heterocycles. The third-order valence-corrected chi connectivity index (χ3v) is 3.21. The first kappa shape index (κ1) is 14.2. The average Bonchev–Trinajstić information content (AvgIpc) is 2.37. The molecule has 2 N–H and O–H groups in total. The summed E-state index contributed by atoms with van der Waals surface area (Å²) < 4.78 is 0. The second-order valence-corrected chi connectivity index (χ2v) is 4.86. The Kier molecular flexibility index (Phi) is 5.66. The molecule has 0 radical (unpaired) electrons. The van der Waals surface area contributed by atoms with Gasteiger partial charge in [0.2, 0.25) is 0 Å². The van der Waals surface area contributed by atoms with Crippen molar-refractivity contribution in [3.05, 3.63) is 35.4 Å². The third kappa shape index (κ3) is 3.83. The molecule has 0 spiro atoms. The van der Waals surface area contributed by atoms with Crippen LogP contribution in [0, 0.1) is 0 Å².